The molecular formula is C13H10F4N2. The Balaban J connectivity index is 2.31. The molecule has 100 valence electrons. The van der Waals surface area contributed by atoms with Crippen molar-refractivity contribution in [3.05, 3.63) is 53.8 Å². The minimum atomic E-state index is -4.43. The lowest BCUT2D eigenvalue weighted by Crippen LogP contribution is -2.05. The van der Waals surface area contributed by atoms with Crippen LogP contribution in [-0.2, 0) is 6.18 Å². The molecular weight excluding hydrogens is 260 g/mol. The zero-order valence-corrected chi connectivity index (χ0v) is 9.63. The van der Waals surface area contributed by atoms with Gasteiger partial charge in [-0.25, -0.2) is 4.39 Å². The van der Waals surface area contributed by atoms with Crippen molar-refractivity contribution >= 4 is 17.1 Å². The Morgan fingerprint density at radius 1 is 1.00 bits per heavy atom. The second-order valence-corrected chi connectivity index (χ2v) is 3.90. The number of nitrogens with one attached hydrogen (secondary N) is 1. The van der Waals surface area contributed by atoms with E-state index in [-0.39, 0.29) is 17.1 Å². The van der Waals surface area contributed by atoms with Gasteiger partial charge in [0.15, 0.2) is 0 Å². The second-order valence-electron chi connectivity index (χ2n) is 3.90. The monoisotopic (exact) mass is 270 g/mol. The third-order valence-corrected chi connectivity index (χ3v) is 2.52. The van der Waals surface area contributed by atoms with Gasteiger partial charge in [-0.05, 0) is 30.3 Å². The van der Waals surface area contributed by atoms with Crippen LogP contribution in [0.15, 0.2) is 42.5 Å². The largest absolute Gasteiger partial charge is 0.416 e. The number of para-hydroxylation sites is 1. The molecule has 0 saturated carbocycles. The molecule has 0 aliphatic heterocycles. The standard InChI is InChI=1S/C13H10F4N2/c14-10-5-2-6-11(12(10)18)19-9-4-1-3-8(7-9)13(15,16)17/h1-7,19H,18H2. The van der Waals surface area contributed by atoms with E-state index in [1.54, 1.807) is 0 Å². The summed E-state index contributed by atoms with van der Waals surface area (Å²) in [6, 6.07) is 8.68. The fourth-order valence-electron chi connectivity index (χ4n) is 1.57. The van der Waals surface area contributed by atoms with Gasteiger partial charge < -0.3 is 11.1 Å². The summed E-state index contributed by atoms with van der Waals surface area (Å²) >= 11 is 0. The predicted molar refractivity (Wildman–Crippen MR) is 65.5 cm³/mol. The van der Waals surface area contributed by atoms with E-state index in [9.17, 15) is 17.6 Å². The zero-order valence-electron chi connectivity index (χ0n) is 9.63. The van der Waals surface area contributed by atoms with Gasteiger partial charge in [-0.1, -0.05) is 12.1 Å². The van der Waals surface area contributed by atoms with Crippen LogP contribution in [-0.4, -0.2) is 0 Å². The van der Waals surface area contributed by atoms with Gasteiger partial charge in [0.2, 0.25) is 0 Å². The number of alkyl halides is 3. The van der Waals surface area contributed by atoms with Crippen LogP contribution in [0, 0.1) is 5.82 Å². The molecule has 0 aliphatic carbocycles. The number of anilines is 3. The Morgan fingerprint density at radius 2 is 1.68 bits per heavy atom. The number of hydrogen-bond donors (Lipinski definition) is 2. The summed E-state index contributed by atoms with van der Waals surface area (Å²) in [5, 5.41) is 2.66. The third-order valence-electron chi connectivity index (χ3n) is 2.52. The van der Waals surface area contributed by atoms with Crippen molar-refractivity contribution in [2.24, 2.45) is 0 Å². The maximum absolute atomic E-state index is 13.2. The van der Waals surface area contributed by atoms with Crippen molar-refractivity contribution in [3.63, 3.8) is 0 Å². The van der Waals surface area contributed by atoms with Gasteiger partial charge in [0, 0.05) is 5.69 Å². The lowest BCUT2D eigenvalue weighted by Gasteiger charge is -2.12. The summed E-state index contributed by atoms with van der Waals surface area (Å²) in [5.41, 5.74) is 4.98. The van der Waals surface area contributed by atoms with E-state index in [1.165, 1.54) is 30.3 Å². The minimum Gasteiger partial charge on any atom is -0.395 e. The van der Waals surface area contributed by atoms with Crippen molar-refractivity contribution in [2.75, 3.05) is 11.1 Å². The summed E-state index contributed by atoms with van der Waals surface area (Å²) in [4.78, 5) is 0. The first-order valence-corrected chi connectivity index (χ1v) is 5.36. The van der Waals surface area contributed by atoms with E-state index in [0.29, 0.717) is 0 Å². The number of benzene rings is 2. The molecule has 0 heterocycles. The molecule has 0 radical (unpaired) electrons. The Morgan fingerprint density at radius 3 is 2.37 bits per heavy atom. The average Bonchev–Trinajstić information content (AvgIpc) is 2.34. The van der Waals surface area contributed by atoms with Crippen LogP contribution in [0.3, 0.4) is 0 Å². The number of rotatable bonds is 2. The maximum atomic E-state index is 13.2. The van der Waals surface area contributed by atoms with Gasteiger partial charge in [-0.15, -0.1) is 0 Å². The SMILES string of the molecule is Nc1c(F)cccc1Nc1cccc(C(F)(F)F)c1. The fourth-order valence-corrected chi connectivity index (χ4v) is 1.57. The van der Waals surface area contributed by atoms with E-state index in [4.69, 9.17) is 5.73 Å². The minimum absolute atomic E-state index is 0.139. The van der Waals surface area contributed by atoms with Crippen LogP contribution in [0.5, 0.6) is 0 Å². The molecule has 19 heavy (non-hydrogen) atoms. The highest BCUT2D eigenvalue weighted by Gasteiger charge is 2.30. The first-order valence-electron chi connectivity index (χ1n) is 5.36. The molecule has 0 atom stereocenters. The molecule has 2 nitrogen and oxygen atoms in total. The summed E-state index contributed by atoms with van der Waals surface area (Å²) in [6.45, 7) is 0. The Kier molecular flexibility index (Phi) is 3.33. The Hall–Kier alpha value is -2.24. The molecule has 2 rings (SSSR count). The highest BCUT2D eigenvalue weighted by Crippen LogP contribution is 2.32. The number of nitrogen functional groups attached to an aromatic ring is 1. The zero-order chi connectivity index (χ0) is 14.0. The predicted octanol–water partition coefficient (Wildman–Crippen LogP) is 4.17. The molecule has 0 amide bonds. The van der Waals surface area contributed by atoms with Gasteiger partial charge in [-0.2, -0.15) is 13.2 Å². The molecule has 6 heteroatoms. The maximum Gasteiger partial charge on any atom is 0.416 e. The highest BCUT2D eigenvalue weighted by molar-refractivity contribution is 5.73. The quantitative estimate of drug-likeness (QED) is 0.635. The molecule has 0 unspecified atom stereocenters. The van der Waals surface area contributed by atoms with Crippen LogP contribution in [0.25, 0.3) is 0 Å². The highest BCUT2D eigenvalue weighted by atomic mass is 19.4. The van der Waals surface area contributed by atoms with E-state index in [0.717, 1.165) is 12.1 Å². The lowest BCUT2D eigenvalue weighted by molar-refractivity contribution is -0.137. The number of halogens is 4. The number of hydrogen-bond acceptors (Lipinski definition) is 2. The first kappa shape index (κ1) is 13.2. The normalized spacial score (nSPS) is 11.4. The molecule has 0 aliphatic rings. The Labute approximate surface area is 106 Å². The topological polar surface area (TPSA) is 38.0 Å². The molecule has 3 N–H and O–H groups in total. The van der Waals surface area contributed by atoms with Crippen molar-refractivity contribution in [3.8, 4) is 0 Å². The van der Waals surface area contributed by atoms with Crippen LogP contribution < -0.4 is 11.1 Å². The molecule has 2 aromatic rings. The number of nitrogens with two attached hydrogens (primary N) is 1. The summed E-state index contributed by atoms with van der Waals surface area (Å²) in [7, 11) is 0. The van der Waals surface area contributed by atoms with E-state index in [2.05, 4.69) is 5.32 Å². The molecule has 0 aromatic heterocycles. The molecule has 2 aromatic carbocycles. The molecule has 0 saturated heterocycles. The molecule has 0 fully saturated rings. The van der Waals surface area contributed by atoms with Crippen molar-refractivity contribution in [1.29, 1.82) is 0 Å². The van der Waals surface area contributed by atoms with Crippen molar-refractivity contribution < 1.29 is 17.6 Å². The lowest BCUT2D eigenvalue weighted by atomic mass is 10.2. The summed E-state index contributed by atoms with van der Waals surface area (Å²) < 4.78 is 50.8. The third kappa shape index (κ3) is 2.96. The second kappa shape index (κ2) is 4.79. The van der Waals surface area contributed by atoms with Crippen LogP contribution in [0.4, 0.5) is 34.6 Å². The van der Waals surface area contributed by atoms with Crippen molar-refractivity contribution in [2.45, 2.75) is 6.18 Å². The van der Waals surface area contributed by atoms with Crippen LogP contribution in [0.2, 0.25) is 0 Å². The van der Waals surface area contributed by atoms with Crippen LogP contribution in [0.1, 0.15) is 5.56 Å². The van der Waals surface area contributed by atoms with Gasteiger partial charge in [0.05, 0.1) is 16.9 Å². The fraction of sp³-hybridized carbons (Fsp3) is 0.0769. The van der Waals surface area contributed by atoms with Gasteiger partial charge in [-0.3, -0.25) is 0 Å². The smallest absolute Gasteiger partial charge is 0.395 e. The molecule has 0 spiro atoms. The average molecular weight is 270 g/mol. The van der Waals surface area contributed by atoms with Gasteiger partial charge in [0.1, 0.15) is 5.82 Å². The Bertz CT molecular complexity index is 593. The molecule has 0 bridgehead atoms. The van der Waals surface area contributed by atoms with Crippen molar-refractivity contribution in [1.82, 2.24) is 0 Å². The summed E-state index contributed by atoms with van der Waals surface area (Å²) in [5.74, 6) is -0.628. The van der Waals surface area contributed by atoms with Gasteiger partial charge >= 0.3 is 6.18 Å². The van der Waals surface area contributed by atoms with E-state index in [1.807, 2.05) is 0 Å². The van der Waals surface area contributed by atoms with Gasteiger partial charge in [0.25, 0.3) is 0 Å². The van der Waals surface area contributed by atoms with E-state index < -0.39 is 17.6 Å². The van der Waals surface area contributed by atoms with Crippen LogP contribution >= 0.6 is 0 Å². The first-order chi connectivity index (χ1) is 8.88. The summed E-state index contributed by atoms with van der Waals surface area (Å²) in [6.07, 6.45) is -4.43. The van der Waals surface area contributed by atoms with E-state index >= 15 is 0 Å².